The molecule has 1 aromatic heterocycles. The highest BCUT2D eigenvalue weighted by atomic mass is 15.4. The maximum atomic E-state index is 4.45. The predicted molar refractivity (Wildman–Crippen MR) is 43.7 cm³/mol. The minimum atomic E-state index is 0.799. The van der Waals surface area contributed by atoms with Crippen molar-refractivity contribution in [2.45, 2.75) is 19.3 Å². The summed E-state index contributed by atoms with van der Waals surface area (Å²) in [6.45, 7) is 0. The Morgan fingerprint density at radius 2 is 2.25 bits per heavy atom. The van der Waals surface area contributed by atoms with Crippen LogP contribution in [-0.2, 0) is 0 Å². The molecule has 0 radical (unpaired) electrons. The third-order valence-corrected chi connectivity index (χ3v) is 2.77. The van der Waals surface area contributed by atoms with Gasteiger partial charge in [-0.05, 0) is 25.2 Å². The van der Waals surface area contributed by atoms with Crippen molar-refractivity contribution in [2.75, 3.05) is 0 Å². The van der Waals surface area contributed by atoms with Gasteiger partial charge >= 0.3 is 0 Å². The van der Waals surface area contributed by atoms with Crippen LogP contribution in [-0.4, -0.2) is 20.6 Å². The van der Waals surface area contributed by atoms with Crippen LogP contribution in [0, 0.1) is 11.8 Å². The number of nitrogens with zero attached hydrogens (tertiary/aromatic N) is 4. The molecule has 1 heterocycles. The van der Waals surface area contributed by atoms with Crippen LogP contribution in [0.2, 0.25) is 0 Å². The average Bonchev–Trinajstić information content (AvgIpc) is 2.54. The van der Waals surface area contributed by atoms with Crippen molar-refractivity contribution in [3.05, 3.63) is 12.7 Å². The van der Waals surface area contributed by atoms with Gasteiger partial charge in [0.25, 0.3) is 0 Å². The molecule has 0 amide bonds. The Balaban J connectivity index is 1.88. The zero-order valence-electron chi connectivity index (χ0n) is 6.72. The van der Waals surface area contributed by atoms with Crippen molar-refractivity contribution >= 4 is 5.71 Å². The summed E-state index contributed by atoms with van der Waals surface area (Å²) in [5.74, 6) is 1.76. The highest BCUT2D eigenvalue weighted by molar-refractivity contribution is 5.91. The summed E-state index contributed by atoms with van der Waals surface area (Å²) < 4.78 is 1.70. The minimum Gasteiger partial charge on any atom is -0.208 e. The Hall–Kier alpha value is -1.19. The molecule has 2 aliphatic rings. The van der Waals surface area contributed by atoms with E-state index in [1.54, 1.807) is 17.3 Å². The molecule has 4 heteroatoms. The molecular formula is C8H10N4. The average molecular weight is 162 g/mol. The van der Waals surface area contributed by atoms with Gasteiger partial charge in [0.15, 0.2) is 0 Å². The lowest BCUT2D eigenvalue weighted by molar-refractivity contribution is 0.790. The molecule has 3 rings (SSSR count). The third-order valence-electron chi connectivity index (χ3n) is 2.77. The van der Waals surface area contributed by atoms with E-state index < -0.39 is 0 Å². The Labute approximate surface area is 70.3 Å². The fraction of sp³-hybridized carbons (Fsp3) is 0.625. The van der Waals surface area contributed by atoms with Gasteiger partial charge in [-0.25, -0.2) is 4.68 Å². The lowest BCUT2D eigenvalue weighted by Gasteiger charge is -1.96. The maximum absolute atomic E-state index is 4.45. The number of hydrogen-bond acceptors (Lipinski definition) is 3. The van der Waals surface area contributed by atoms with E-state index in [1.807, 2.05) is 0 Å². The van der Waals surface area contributed by atoms with Gasteiger partial charge in [-0.3, -0.25) is 0 Å². The van der Waals surface area contributed by atoms with Crippen molar-refractivity contribution in [3.8, 4) is 0 Å². The van der Waals surface area contributed by atoms with Crippen LogP contribution in [0.4, 0.5) is 0 Å². The third kappa shape index (κ3) is 0.873. The molecule has 0 unspecified atom stereocenters. The van der Waals surface area contributed by atoms with Crippen molar-refractivity contribution in [2.24, 2.45) is 16.9 Å². The Morgan fingerprint density at radius 3 is 2.83 bits per heavy atom. The van der Waals surface area contributed by atoms with Crippen LogP contribution >= 0.6 is 0 Å². The van der Waals surface area contributed by atoms with Crippen molar-refractivity contribution in [3.63, 3.8) is 0 Å². The van der Waals surface area contributed by atoms with E-state index in [4.69, 9.17) is 0 Å². The summed E-state index contributed by atoms with van der Waals surface area (Å²) in [6.07, 6.45) is 7.16. The first kappa shape index (κ1) is 6.34. The van der Waals surface area contributed by atoms with Gasteiger partial charge in [0.1, 0.15) is 12.7 Å². The fourth-order valence-corrected chi connectivity index (χ4v) is 2.01. The molecule has 0 spiro atoms. The number of aromatic nitrogens is 3. The van der Waals surface area contributed by atoms with E-state index in [0.29, 0.717) is 0 Å². The van der Waals surface area contributed by atoms with E-state index >= 15 is 0 Å². The monoisotopic (exact) mass is 162 g/mol. The normalized spacial score (nSPS) is 35.5. The standard InChI is InChI=1S/C8H10N4/c1-2-8(7-3-6(1)7)11-12-4-9-10-5-12/h4-7H,1-3H2/b11-8-/t6-,7+/m0/s1. The minimum absolute atomic E-state index is 0.799. The topological polar surface area (TPSA) is 43.1 Å². The van der Waals surface area contributed by atoms with Crippen molar-refractivity contribution < 1.29 is 0 Å². The van der Waals surface area contributed by atoms with E-state index in [9.17, 15) is 0 Å². The SMILES string of the molecule is c1nncn1/N=C1/CC[C@H]2C[C@@H]12. The molecule has 0 bridgehead atoms. The van der Waals surface area contributed by atoms with Crippen LogP contribution in [0.5, 0.6) is 0 Å². The second kappa shape index (κ2) is 2.15. The predicted octanol–water partition coefficient (Wildman–Crippen LogP) is 0.912. The quantitative estimate of drug-likeness (QED) is 0.616. The Bertz CT molecular complexity index is 314. The number of rotatable bonds is 1. The molecule has 2 aliphatic carbocycles. The van der Waals surface area contributed by atoms with Crippen molar-refractivity contribution in [1.82, 2.24) is 14.9 Å². The Kier molecular flexibility index (Phi) is 1.14. The molecule has 2 atom stereocenters. The van der Waals surface area contributed by atoms with Crippen LogP contribution in [0.15, 0.2) is 17.8 Å². The zero-order valence-corrected chi connectivity index (χ0v) is 6.72. The molecule has 0 aliphatic heterocycles. The molecule has 2 fully saturated rings. The molecule has 1 aromatic rings. The lowest BCUT2D eigenvalue weighted by Crippen LogP contribution is -1.99. The summed E-state index contributed by atoms with van der Waals surface area (Å²) >= 11 is 0. The summed E-state index contributed by atoms with van der Waals surface area (Å²) in [7, 11) is 0. The highest BCUT2D eigenvalue weighted by Gasteiger charge is 2.45. The molecule has 0 saturated heterocycles. The van der Waals surface area contributed by atoms with Gasteiger partial charge < -0.3 is 0 Å². The molecule has 0 N–H and O–H groups in total. The lowest BCUT2D eigenvalue weighted by atomic mass is 10.2. The van der Waals surface area contributed by atoms with Crippen LogP contribution in [0.3, 0.4) is 0 Å². The maximum Gasteiger partial charge on any atom is 0.141 e. The second-order valence-corrected chi connectivity index (χ2v) is 3.57. The molecule has 2 saturated carbocycles. The highest BCUT2D eigenvalue weighted by Crippen LogP contribution is 2.49. The van der Waals surface area contributed by atoms with Crippen LogP contribution < -0.4 is 0 Å². The molecule has 0 aromatic carbocycles. The molecule has 4 nitrogen and oxygen atoms in total. The van der Waals surface area contributed by atoms with E-state index in [2.05, 4.69) is 15.3 Å². The summed E-state index contributed by atoms with van der Waals surface area (Å²) in [6, 6.07) is 0. The fourth-order valence-electron chi connectivity index (χ4n) is 2.01. The number of fused-ring (bicyclic) bond motifs is 1. The molecule has 62 valence electrons. The largest absolute Gasteiger partial charge is 0.208 e. The van der Waals surface area contributed by atoms with E-state index in [1.165, 1.54) is 25.0 Å². The van der Waals surface area contributed by atoms with Gasteiger partial charge in [-0.1, -0.05) is 0 Å². The summed E-state index contributed by atoms with van der Waals surface area (Å²) in [5.41, 5.74) is 1.35. The van der Waals surface area contributed by atoms with E-state index in [0.717, 1.165) is 11.8 Å². The zero-order chi connectivity index (χ0) is 7.97. The van der Waals surface area contributed by atoms with Gasteiger partial charge in [-0.15, -0.1) is 10.2 Å². The van der Waals surface area contributed by atoms with Gasteiger partial charge in [0.2, 0.25) is 0 Å². The second-order valence-electron chi connectivity index (χ2n) is 3.57. The molecular weight excluding hydrogens is 152 g/mol. The smallest absolute Gasteiger partial charge is 0.141 e. The van der Waals surface area contributed by atoms with Crippen molar-refractivity contribution in [1.29, 1.82) is 0 Å². The van der Waals surface area contributed by atoms with Crippen LogP contribution in [0.25, 0.3) is 0 Å². The van der Waals surface area contributed by atoms with Crippen LogP contribution in [0.1, 0.15) is 19.3 Å². The van der Waals surface area contributed by atoms with Gasteiger partial charge in [0, 0.05) is 11.6 Å². The molecule has 12 heavy (non-hydrogen) atoms. The first-order valence-corrected chi connectivity index (χ1v) is 4.36. The summed E-state index contributed by atoms with van der Waals surface area (Å²) in [5, 5.41) is 11.9. The van der Waals surface area contributed by atoms with Gasteiger partial charge in [0.05, 0.1) is 0 Å². The van der Waals surface area contributed by atoms with E-state index in [-0.39, 0.29) is 0 Å². The van der Waals surface area contributed by atoms with Gasteiger partial charge in [-0.2, -0.15) is 5.10 Å². The Morgan fingerprint density at radius 1 is 1.42 bits per heavy atom. The summed E-state index contributed by atoms with van der Waals surface area (Å²) in [4.78, 5) is 0. The number of hydrogen-bond donors (Lipinski definition) is 0. The first-order valence-electron chi connectivity index (χ1n) is 4.36. The first-order chi connectivity index (χ1) is 5.93.